The molecule has 0 bridgehead atoms. The van der Waals surface area contributed by atoms with Gasteiger partial charge in [0, 0.05) is 15.5 Å². The Morgan fingerprint density at radius 1 is 1.26 bits per heavy atom. The summed E-state index contributed by atoms with van der Waals surface area (Å²) < 4.78 is 3.40. The molecule has 19 heavy (non-hydrogen) atoms. The average Bonchev–Trinajstić information content (AvgIpc) is 3.07. The minimum Gasteiger partial charge on any atom is -0.379 e. The van der Waals surface area contributed by atoms with Gasteiger partial charge in [-0.25, -0.2) is 0 Å². The van der Waals surface area contributed by atoms with Crippen LogP contribution in [-0.2, 0) is 6.54 Å². The number of aromatic nitrogens is 2. The highest BCUT2D eigenvalue weighted by atomic mass is 127. The third-order valence-corrected chi connectivity index (χ3v) is 4.33. The second-order valence-corrected chi connectivity index (χ2v) is 6.33. The molecule has 0 unspecified atom stereocenters. The third kappa shape index (κ3) is 3.29. The molecule has 1 saturated carbocycles. The van der Waals surface area contributed by atoms with Crippen molar-refractivity contribution in [1.29, 1.82) is 0 Å². The van der Waals surface area contributed by atoms with Crippen molar-refractivity contribution >= 4 is 28.3 Å². The molecule has 0 amide bonds. The lowest BCUT2D eigenvalue weighted by Crippen LogP contribution is -2.07. The highest BCUT2D eigenvalue weighted by Crippen LogP contribution is 2.28. The molecular weight excluding hydrogens is 349 g/mol. The number of rotatable bonds is 4. The van der Waals surface area contributed by atoms with Gasteiger partial charge >= 0.3 is 0 Å². The van der Waals surface area contributed by atoms with Gasteiger partial charge in [0.2, 0.25) is 0 Å². The molecule has 1 aromatic heterocycles. The number of nitrogens with zero attached hydrogens (tertiary/aromatic N) is 2. The van der Waals surface area contributed by atoms with Gasteiger partial charge in [-0.3, -0.25) is 4.68 Å². The molecule has 1 N–H and O–H groups in total. The first kappa shape index (κ1) is 13.0. The summed E-state index contributed by atoms with van der Waals surface area (Å²) in [6.45, 7) is 0.791. The van der Waals surface area contributed by atoms with Crippen LogP contribution in [0, 0.1) is 3.57 Å². The molecule has 1 aliphatic carbocycles. The van der Waals surface area contributed by atoms with Crippen LogP contribution in [0.3, 0.4) is 0 Å². The second kappa shape index (κ2) is 5.94. The minimum atomic E-state index is 0.631. The number of anilines is 1. The number of hydrogen-bond donors (Lipinski definition) is 1. The van der Waals surface area contributed by atoms with Crippen LogP contribution >= 0.6 is 22.6 Å². The monoisotopic (exact) mass is 367 g/mol. The molecule has 1 fully saturated rings. The molecule has 0 spiro atoms. The van der Waals surface area contributed by atoms with E-state index in [0.29, 0.717) is 6.04 Å². The zero-order valence-electron chi connectivity index (χ0n) is 10.8. The van der Waals surface area contributed by atoms with Crippen molar-refractivity contribution in [2.75, 3.05) is 5.32 Å². The third-order valence-electron chi connectivity index (χ3n) is 3.66. The maximum atomic E-state index is 4.68. The smallest absolute Gasteiger partial charge is 0.0815 e. The van der Waals surface area contributed by atoms with Gasteiger partial charge in [-0.2, -0.15) is 5.10 Å². The normalized spacial score (nSPS) is 15.8. The molecule has 100 valence electrons. The van der Waals surface area contributed by atoms with Gasteiger partial charge < -0.3 is 5.32 Å². The fraction of sp³-hybridized carbons (Fsp3) is 0.400. The Labute approximate surface area is 127 Å². The van der Waals surface area contributed by atoms with Crippen LogP contribution in [0.1, 0.15) is 37.4 Å². The van der Waals surface area contributed by atoms with E-state index in [9.17, 15) is 0 Å². The Kier molecular flexibility index (Phi) is 4.06. The predicted octanol–water partition coefficient (Wildman–Crippen LogP) is 4.21. The minimum absolute atomic E-state index is 0.631. The summed E-state index contributed by atoms with van der Waals surface area (Å²) in [7, 11) is 0. The van der Waals surface area contributed by atoms with E-state index in [0.717, 1.165) is 17.9 Å². The lowest BCUT2D eigenvalue weighted by molar-refractivity contribution is 0.463. The van der Waals surface area contributed by atoms with Gasteiger partial charge in [-0.15, -0.1) is 0 Å². The van der Waals surface area contributed by atoms with E-state index < -0.39 is 0 Å². The lowest BCUT2D eigenvalue weighted by Gasteiger charge is -2.09. The fourth-order valence-corrected chi connectivity index (χ4v) is 3.18. The molecule has 0 saturated heterocycles. The van der Waals surface area contributed by atoms with Gasteiger partial charge in [0.05, 0.1) is 18.3 Å². The zero-order chi connectivity index (χ0) is 13.1. The Balaban J connectivity index is 1.61. The van der Waals surface area contributed by atoms with Gasteiger partial charge in [0.15, 0.2) is 0 Å². The Hall–Kier alpha value is -1.04. The van der Waals surface area contributed by atoms with Crippen LogP contribution in [0.2, 0.25) is 0 Å². The maximum absolute atomic E-state index is 4.68. The van der Waals surface area contributed by atoms with Gasteiger partial charge in [-0.1, -0.05) is 18.9 Å². The van der Waals surface area contributed by atoms with Crippen molar-refractivity contribution in [3.05, 3.63) is 45.8 Å². The molecule has 0 radical (unpaired) electrons. The average molecular weight is 367 g/mol. The topological polar surface area (TPSA) is 29.9 Å². The van der Waals surface area contributed by atoms with Crippen LogP contribution < -0.4 is 5.32 Å². The molecule has 2 aromatic rings. The molecule has 3 rings (SSSR count). The van der Waals surface area contributed by atoms with E-state index in [-0.39, 0.29) is 0 Å². The van der Waals surface area contributed by atoms with E-state index in [2.05, 4.69) is 74.2 Å². The molecule has 0 atom stereocenters. The second-order valence-electron chi connectivity index (χ2n) is 5.09. The van der Waals surface area contributed by atoms with Crippen molar-refractivity contribution < 1.29 is 0 Å². The van der Waals surface area contributed by atoms with Crippen molar-refractivity contribution in [3.8, 4) is 0 Å². The number of hydrogen-bond acceptors (Lipinski definition) is 2. The van der Waals surface area contributed by atoms with E-state index in [1.165, 1.54) is 29.3 Å². The van der Waals surface area contributed by atoms with Crippen LogP contribution in [0.25, 0.3) is 0 Å². The first-order valence-corrected chi connectivity index (χ1v) is 7.92. The van der Waals surface area contributed by atoms with E-state index in [1.54, 1.807) is 0 Å². The molecular formula is C15H18IN3. The Morgan fingerprint density at radius 3 is 2.89 bits per heavy atom. The molecule has 3 nitrogen and oxygen atoms in total. The summed E-state index contributed by atoms with van der Waals surface area (Å²) in [6.07, 6.45) is 7.39. The van der Waals surface area contributed by atoms with E-state index in [4.69, 9.17) is 0 Å². The van der Waals surface area contributed by atoms with Crippen LogP contribution in [0.15, 0.2) is 36.5 Å². The summed E-state index contributed by atoms with van der Waals surface area (Å²) in [5, 5.41) is 8.11. The largest absolute Gasteiger partial charge is 0.379 e. The first-order valence-electron chi connectivity index (χ1n) is 6.85. The first-order chi connectivity index (χ1) is 9.31. The van der Waals surface area contributed by atoms with E-state index in [1.807, 2.05) is 0 Å². The molecule has 4 heteroatoms. The molecule has 1 aliphatic rings. The number of halogens is 1. The fourth-order valence-electron chi connectivity index (χ4n) is 2.63. The maximum Gasteiger partial charge on any atom is 0.0815 e. The van der Waals surface area contributed by atoms with Crippen LogP contribution in [-0.4, -0.2) is 9.78 Å². The van der Waals surface area contributed by atoms with Crippen molar-refractivity contribution in [3.63, 3.8) is 0 Å². The summed E-state index contributed by atoms with van der Waals surface area (Å²) in [5.41, 5.74) is 2.27. The number of benzene rings is 1. The van der Waals surface area contributed by atoms with Gasteiger partial charge in [0.1, 0.15) is 0 Å². The Bertz CT molecular complexity index is 544. The quantitative estimate of drug-likeness (QED) is 0.821. The lowest BCUT2D eigenvalue weighted by atomic mass is 10.3. The van der Waals surface area contributed by atoms with Crippen molar-refractivity contribution in [2.45, 2.75) is 38.3 Å². The summed E-state index contributed by atoms with van der Waals surface area (Å²) in [5.74, 6) is 0. The summed E-state index contributed by atoms with van der Waals surface area (Å²) in [6, 6.07) is 11.2. The summed E-state index contributed by atoms with van der Waals surface area (Å²) >= 11 is 2.33. The van der Waals surface area contributed by atoms with E-state index >= 15 is 0 Å². The van der Waals surface area contributed by atoms with Gasteiger partial charge in [-0.05, 0) is 59.7 Å². The van der Waals surface area contributed by atoms with Crippen molar-refractivity contribution in [1.82, 2.24) is 9.78 Å². The molecule has 1 heterocycles. The summed E-state index contributed by atoms with van der Waals surface area (Å²) in [4.78, 5) is 0. The predicted molar refractivity (Wildman–Crippen MR) is 86.2 cm³/mol. The van der Waals surface area contributed by atoms with Crippen molar-refractivity contribution in [2.24, 2.45) is 0 Å². The standard InChI is InChI=1S/C15H18IN3/c16-12-4-3-5-13(10-12)17-11-14-8-9-19(18-14)15-6-1-2-7-15/h3-5,8-10,15,17H,1-2,6-7,11H2. The zero-order valence-corrected chi connectivity index (χ0v) is 13.0. The molecule has 1 aromatic carbocycles. The SMILES string of the molecule is Ic1cccc(NCc2ccn(C3CCCC3)n2)c1. The number of nitrogens with one attached hydrogen (secondary N) is 1. The van der Waals surface area contributed by atoms with Gasteiger partial charge in [0.25, 0.3) is 0 Å². The highest BCUT2D eigenvalue weighted by Gasteiger charge is 2.17. The van der Waals surface area contributed by atoms with Crippen LogP contribution in [0.4, 0.5) is 5.69 Å². The highest BCUT2D eigenvalue weighted by molar-refractivity contribution is 14.1. The Morgan fingerprint density at radius 2 is 2.11 bits per heavy atom. The van der Waals surface area contributed by atoms with Crippen LogP contribution in [0.5, 0.6) is 0 Å². The molecule has 0 aliphatic heterocycles.